The number of aryl methyl sites for hydroxylation is 1. The van der Waals surface area contributed by atoms with E-state index in [9.17, 15) is 14.4 Å². The average molecular weight is 666 g/mol. The second-order valence-corrected chi connectivity index (χ2v) is 12.2. The van der Waals surface area contributed by atoms with Gasteiger partial charge in [-0.25, -0.2) is 9.18 Å². The Bertz CT molecular complexity index is 1980. The molecule has 0 aliphatic carbocycles. The van der Waals surface area contributed by atoms with Crippen molar-refractivity contribution >= 4 is 29.2 Å². The molecule has 5 rings (SSSR count). The highest BCUT2D eigenvalue weighted by Crippen LogP contribution is 2.40. The van der Waals surface area contributed by atoms with Crippen molar-refractivity contribution in [3.05, 3.63) is 114 Å². The SMILES string of the molecule is COc1ccc(COc2cc(NC(=O)OC(C)(C)C)c(NC(=O)CC(=O)c3cccc(-c4cc(C)no4)c3)cc2-c2ccccc2F)cc1. The van der Waals surface area contributed by atoms with Crippen molar-refractivity contribution in [1.29, 1.82) is 0 Å². The monoisotopic (exact) mass is 665 g/mol. The van der Waals surface area contributed by atoms with Crippen LogP contribution in [0, 0.1) is 12.7 Å². The predicted molar refractivity (Wildman–Crippen MR) is 183 cm³/mol. The number of hydrogen-bond donors (Lipinski definition) is 2. The van der Waals surface area contributed by atoms with E-state index in [0.29, 0.717) is 33.9 Å². The lowest BCUT2D eigenvalue weighted by Crippen LogP contribution is -2.27. The van der Waals surface area contributed by atoms with Crippen molar-refractivity contribution in [1.82, 2.24) is 5.16 Å². The summed E-state index contributed by atoms with van der Waals surface area (Å²) in [6.45, 7) is 7.03. The minimum absolute atomic E-state index is 0.101. The van der Waals surface area contributed by atoms with E-state index in [4.69, 9.17) is 18.7 Å². The zero-order valence-electron chi connectivity index (χ0n) is 27.8. The minimum atomic E-state index is -0.820. The molecule has 1 aromatic heterocycles. The number of nitrogens with one attached hydrogen (secondary N) is 2. The first-order valence-electron chi connectivity index (χ1n) is 15.4. The molecule has 0 saturated carbocycles. The van der Waals surface area contributed by atoms with Gasteiger partial charge in [0, 0.05) is 34.4 Å². The molecule has 0 atom stereocenters. The smallest absolute Gasteiger partial charge is 0.412 e. The first kappa shape index (κ1) is 34.4. The molecule has 1 heterocycles. The van der Waals surface area contributed by atoms with Gasteiger partial charge < -0.3 is 24.1 Å². The number of methoxy groups -OCH3 is 1. The number of benzene rings is 4. The van der Waals surface area contributed by atoms with Crippen LogP contribution in [0.15, 0.2) is 95.5 Å². The average Bonchev–Trinajstić information content (AvgIpc) is 3.50. The van der Waals surface area contributed by atoms with Gasteiger partial charge in [0.15, 0.2) is 11.5 Å². The van der Waals surface area contributed by atoms with Gasteiger partial charge in [0.1, 0.15) is 29.5 Å². The summed E-state index contributed by atoms with van der Waals surface area (Å²) in [6.07, 6.45) is -1.31. The van der Waals surface area contributed by atoms with Crippen molar-refractivity contribution in [3.8, 4) is 33.9 Å². The molecule has 0 aliphatic rings. The molecule has 0 bridgehead atoms. The van der Waals surface area contributed by atoms with Crippen LogP contribution < -0.4 is 20.1 Å². The van der Waals surface area contributed by atoms with E-state index in [0.717, 1.165) is 5.56 Å². The van der Waals surface area contributed by atoms with Crippen molar-refractivity contribution in [2.45, 2.75) is 46.3 Å². The second kappa shape index (κ2) is 14.8. The number of hydrogen-bond acceptors (Lipinski definition) is 8. The third-order valence-corrected chi connectivity index (χ3v) is 7.17. The lowest BCUT2D eigenvalue weighted by atomic mass is 10.0. The number of aromatic nitrogens is 1. The summed E-state index contributed by atoms with van der Waals surface area (Å²) in [4.78, 5) is 39.5. The van der Waals surface area contributed by atoms with E-state index < -0.39 is 35.6 Å². The number of nitrogens with zero attached hydrogens (tertiary/aromatic N) is 1. The number of ether oxygens (including phenoxy) is 3. The fourth-order valence-electron chi connectivity index (χ4n) is 4.88. The highest BCUT2D eigenvalue weighted by molar-refractivity contribution is 6.12. The molecule has 2 amide bonds. The normalized spacial score (nSPS) is 11.1. The van der Waals surface area contributed by atoms with Crippen LogP contribution in [0.1, 0.15) is 48.8 Å². The van der Waals surface area contributed by atoms with E-state index in [1.54, 1.807) is 95.5 Å². The largest absolute Gasteiger partial charge is 0.497 e. The molecular weight excluding hydrogens is 629 g/mol. The number of anilines is 2. The van der Waals surface area contributed by atoms with Gasteiger partial charge in [-0.3, -0.25) is 14.9 Å². The summed E-state index contributed by atoms with van der Waals surface area (Å²) >= 11 is 0. The Balaban J connectivity index is 1.47. The van der Waals surface area contributed by atoms with Gasteiger partial charge in [0.2, 0.25) is 5.91 Å². The topological polar surface area (TPSA) is 129 Å². The molecule has 10 nitrogen and oxygen atoms in total. The molecule has 2 N–H and O–H groups in total. The summed E-state index contributed by atoms with van der Waals surface area (Å²) in [6, 6.07) is 24.7. The van der Waals surface area contributed by atoms with Crippen LogP contribution in [-0.4, -0.2) is 35.7 Å². The van der Waals surface area contributed by atoms with Gasteiger partial charge in [0.25, 0.3) is 0 Å². The maximum absolute atomic E-state index is 15.2. The van der Waals surface area contributed by atoms with Crippen molar-refractivity contribution < 1.29 is 37.5 Å². The zero-order valence-corrected chi connectivity index (χ0v) is 27.8. The molecule has 11 heteroatoms. The van der Waals surface area contributed by atoms with Crippen LogP contribution in [0.5, 0.6) is 11.5 Å². The Morgan fingerprint density at radius 1 is 0.857 bits per heavy atom. The molecule has 252 valence electrons. The molecule has 4 aromatic carbocycles. The predicted octanol–water partition coefficient (Wildman–Crippen LogP) is 8.60. The maximum Gasteiger partial charge on any atom is 0.412 e. The maximum atomic E-state index is 15.2. The Kier molecular flexibility index (Phi) is 10.4. The summed E-state index contributed by atoms with van der Waals surface area (Å²) in [5.74, 6) is -0.254. The second-order valence-electron chi connectivity index (χ2n) is 12.2. The fraction of sp³-hybridized carbons (Fsp3) is 0.211. The molecule has 0 radical (unpaired) electrons. The van der Waals surface area contributed by atoms with Gasteiger partial charge in [-0.1, -0.05) is 53.7 Å². The van der Waals surface area contributed by atoms with E-state index in [1.807, 2.05) is 12.1 Å². The van der Waals surface area contributed by atoms with E-state index in [2.05, 4.69) is 15.8 Å². The van der Waals surface area contributed by atoms with E-state index in [1.165, 1.54) is 18.2 Å². The van der Waals surface area contributed by atoms with Crippen LogP contribution in [0.3, 0.4) is 0 Å². The highest BCUT2D eigenvalue weighted by Gasteiger charge is 2.22. The van der Waals surface area contributed by atoms with Gasteiger partial charge in [-0.05, 0) is 63.6 Å². The quantitative estimate of drug-likeness (QED) is 0.106. The fourth-order valence-corrected chi connectivity index (χ4v) is 4.88. The van der Waals surface area contributed by atoms with Gasteiger partial charge in [0.05, 0.1) is 30.6 Å². The Morgan fingerprint density at radius 3 is 2.27 bits per heavy atom. The summed E-state index contributed by atoms with van der Waals surface area (Å²) < 4.78 is 37.4. The number of carbonyl (C=O) groups excluding carboxylic acids is 3. The van der Waals surface area contributed by atoms with E-state index in [-0.39, 0.29) is 29.3 Å². The zero-order chi connectivity index (χ0) is 35.1. The molecule has 49 heavy (non-hydrogen) atoms. The van der Waals surface area contributed by atoms with Crippen LogP contribution in [-0.2, 0) is 16.1 Å². The highest BCUT2D eigenvalue weighted by atomic mass is 19.1. The lowest BCUT2D eigenvalue weighted by Gasteiger charge is -2.22. The molecule has 0 unspecified atom stereocenters. The van der Waals surface area contributed by atoms with Gasteiger partial charge in [-0.15, -0.1) is 0 Å². The van der Waals surface area contributed by atoms with Crippen LogP contribution in [0.25, 0.3) is 22.5 Å². The van der Waals surface area contributed by atoms with Gasteiger partial charge >= 0.3 is 6.09 Å². The van der Waals surface area contributed by atoms with Gasteiger partial charge in [-0.2, -0.15) is 0 Å². The van der Waals surface area contributed by atoms with Crippen LogP contribution >= 0.6 is 0 Å². The third-order valence-electron chi connectivity index (χ3n) is 7.17. The Hall–Kier alpha value is -5.97. The lowest BCUT2D eigenvalue weighted by molar-refractivity contribution is -0.115. The number of carbonyl (C=O) groups is 3. The van der Waals surface area contributed by atoms with E-state index >= 15 is 4.39 Å². The molecule has 0 fully saturated rings. The molecule has 5 aromatic rings. The van der Waals surface area contributed by atoms with Crippen LogP contribution in [0.2, 0.25) is 0 Å². The summed E-state index contributed by atoms with van der Waals surface area (Å²) in [5.41, 5.74) is 2.32. The number of amides is 2. The molecule has 0 spiro atoms. The Labute approximate surface area is 283 Å². The van der Waals surface area contributed by atoms with Crippen molar-refractivity contribution in [2.24, 2.45) is 0 Å². The first-order chi connectivity index (χ1) is 23.4. The number of Topliss-reactive ketones (excluding diaryl/α,β-unsaturated/α-hetero) is 1. The summed E-state index contributed by atoms with van der Waals surface area (Å²) in [7, 11) is 1.57. The molecule has 0 saturated heterocycles. The summed E-state index contributed by atoms with van der Waals surface area (Å²) in [5, 5.41) is 9.27. The van der Waals surface area contributed by atoms with Crippen molar-refractivity contribution in [3.63, 3.8) is 0 Å². The number of rotatable bonds is 11. The van der Waals surface area contributed by atoms with Crippen LogP contribution in [0.4, 0.5) is 20.6 Å². The minimum Gasteiger partial charge on any atom is -0.497 e. The molecule has 0 aliphatic heterocycles. The van der Waals surface area contributed by atoms with Crippen molar-refractivity contribution in [2.75, 3.05) is 17.7 Å². The Morgan fingerprint density at radius 2 is 1.59 bits per heavy atom. The number of ketones is 1. The molecular formula is C38H36FN3O7. The standard InChI is InChI=1S/C38H36FN3O7/c1-23-17-34(49-42-23)26-10-8-9-25(18-26)33(43)21-36(44)40-31-19-29(28-11-6-7-12-30(28)39)35(20-32(31)41-37(45)48-38(2,3)4)47-22-24-13-15-27(46-5)16-14-24/h6-20H,21-22H2,1-5H3,(H,40,44)(H,41,45). The number of halogens is 1. The first-order valence-corrected chi connectivity index (χ1v) is 15.4. The third kappa shape index (κ3) is 9.10.